The molecular weight excluding hydrogens is 266 g/mol. The normalized spacial score (nSPS) is 13.2. The fourth-order valence-electron chi connectivity index (χ4n) is 1.71. The van der Waals surface area contributed by atoms with E-state index in [0.717, 1.165) is 5.56 Å². The van der Waals surface area contributed by atoms with E-state index in [9.17, 15) is 4.79 Å². The van der Waals surface area contributed by atoms with Gasteiger partial charge in [-0.2, -0.15) is 0 Å². The number of carbonyl (C=O) groups is 1. The van der Waals surface area contributed by atoms with Crippen LogP contribution < -0.4 is 5.73 Å². The molecule has 3 N–H and O–H groups in total. The van der Waals surface area contributed by atoms with Crippen LogP contribution in [0.4, 0.5) is 0 Å². The molecule has 1 amide bonds. The molecule has 0 radical (unpaired) electrons. The van der Waals surface area contributed by atoms with Crippen molar-refractivity contribution in [1.82, 2.24) is 4.90 Å². The van der Waals surface area contributed by atoms with Crippen LogP contribution in [0, 0.1) is 6.92 Å². The second-order valence-corrected chi connectivity index (χ2v) is 4.88. The fraction of sp³-hybridized carbons (Fsp3) is 0.385. The number of hydrogen-bond acceptors (Lipinski definition) is 3. The summed E-state index contributed by atoms with van der Waals surface area (Å²) in [6.45, 7) is 3.63. The molecule has 0 saturated heterocycles. The van der Waals surface area contributed by atoms with Gasteiger partial charge in [0.25, 0.3) is 5.91 Å². The third kappa shape index (κ3) is 3.61. The van der Waals surface area contributed by atoms with E-state index in [-0.39, 0.29) is 17.8 Å². The molecule has 0 heterocycles. The van der Waals surface area contributed by atoms with Crippen LogP contribution >= 0.6 is 11.6 Å². The number of hydrogen-bond donors (Lipinski definition) is 2. The highest BCUT2D eigenvalue weighted by Gasteiger charge is 2.20. The van der Waals surface area contributed by atoms with Gasteiger partial charge < -0.3 is 15.8 Å². The monoisotopic (exact) mass is 283 g/mol. The Balaban J connectivity index is 2.90. The highest BCUT2D eigenvalue weighted by Crippen LogP contribution is 2.20. The summed E-state index contributed by atoms with van der Waals surface area (Å²) in [5, 5.41) is 12.0. The van der Waals surface area contributed by atoms with Crippen molar-refractivity contribution in [2.24, 2.45) is 10.9 Å². The Hall–Kier alpha value is -1.75. The minimum atomic E-state index is -0.179. The number of benzene rings is 1. The topological polar surface area (TPSA) is 78.9 Å². The Kier molecular flexibility index (Phi) is 5.18. The molecule has 0 saturated carbocycles. The highest BCUT2D eigenvalue weighted by molar-refractivity contribution is 6.31. The maximum atomic E-state index is 12.4. The maximum absolute atomic E-state index is 12.4. The van der Waals surface area contributed by atoms with Crippen molar-refractivity contribution < 1.29 is 10.0 Å². The predicted molar refractivity (Wildman–Crippen MR) is 75.8 cm³/mol. The Labute approximate surface area is 117 Å². The summed E-state index contributed by atoms with van der Waals surface area (Å²) < 4.78 is 0. The molecule has 0 bridgehead atoms. The molecule has 1 aromatic rings. The van der Waals surface area contributed by atoms with Gasteiger partial charge in [0.1, 0.15) is 5.84 Å². The molecule has 0 aromatic heterocycles. The van der Waals surface area contributed by atoms with Crippen LogP contribution in [0.5, 0.6) is 0 Å². The zero-order chi connectivity index (χ0) is 14.6. The number of carbonyl (C=O) groups excluding carboxylic acids is 1. The summed E-state index contributed by atoms with van der Waals surface area (Å²) >= 11 is 6.01. The van der Waals surface area contributed by atoms with E-state index in [4.69, 9.17) is 22.5 Å². The minimum absolute atomic E-state index is 0.0926. The lowest BCUT2D eigenvalue weighted by Gasteiger charge is -2.25. The van der Waals surface area contributed by atoms with Crippen LogP contribution in [0.1, 0.15) is 29.3 Å². The average Bonchev–Trinajstić information content (AvgIpc) is 2.39. The second kappa shape index (κ2) is 6.43. The van der Waals surface area contributed by atoms with Gasteiger partial charge in [-0.15, -0.1) is 0 Å². The molecule has 5 nitrogen and oxygen atoms in total. The van der Waals surface area contributed by atoms with Crippen LogP contribution in [0.25, 0.3) is 0 Å². The third-order valence-electron chi connectivity index (χ3n) is 3.11. The molecule has 1 aromatic carbocycles. The largest absolute Gasteiger partial charge is 0.409 e. The number of nitrogens with zero attached hydrogens (tertiary/aromatic N) is 2. The first-order chi connectivity index (χ1) is 8.88. The molecule has 1 rings (SSSR count). The van der Waals surface area contributed by atoms with Gasteiger partial charge in [0.2, 0.25) is 0 Å². The van der Waals surface area contributed by atoms with Crippen molar-refractivity contribution >= 4 is 23.3 Å². The smallest absolute Gasteiger partial charge is 0.254 e. The summed E-state index contributed by atoms with van der Waals surface area (Å²) in [5.41, 5.74) is 6.75. The molecule has 19 heavy (non-hydrogen) atoms. The average molecular weight is 284 g/mol. The lowest BCUT2D eigenvalue weighted by molar-refractivity contribution is 0.0746. The van der Waals surface area contributed by atoms with Crippen molar-refractivity contribution in [3.05, 3.63) is 34.3 Å². The van der Waals surface area contributed by atoms with Crippen molar-refractivity contribution in [3.8, 4) is 0 Å². The van der Waals surface area contributed by atoms with E-state index in [1.165, 1.54) is 0 Å². The van der Waals surface area contributed by atoms with Crippen LogP contribution in [0.3, 0.4) is 0 Å². The number of amidine groups is 1. The van der Waals surface area contributed by atoms with E-state index in [1.807, 2.05) is 6.92 Å². The summed E-state index contributed by atoms with van der Waals surface area (Å²) in [5.74, 6) is -0.0480. The molecular formula is C13H18ClN3O2. The Morgan fingerprint density at radius 2 is 2.21 bits per heavy atom. The van der Waals surface area contributed by atoms with E-state index in [2.05, 4.69) is 5.16 Å². The molecule has 1 atom stereocenters. The van der Waals surface area contributed by atoms with Crippen molar-refractivity contribution in [2.45, 2.75) is 26.3 Å². The summed E-state index contributed by atoms with van der Waals surface area (Å²) in [4.78, 5) is 13.9. The molecule has 0 aliphatic rings. The van der Waals surface area contributed by atoms with Crippen molar-refractivity contribution in [1.29, 1.82) is 0 Å². The minimum Gasteiger partial charge on any atom is -0.409 e. The van der Waals surface area contributed by atoms with Crippen LogP contribution in [0.2, 0.25) is 5.02 Å². The van der Waals surface area contributed by atoms with Gasteiger partial charge in [0.05, 0.1) is 0 Å². The molecule has 0 aliphatic carbocycles. The third-order valence-corrected chi connectivity index (χ3v) is 3.52. The van der Waals surface area contributed by atoms with E-state index in [1.54, 1.807) is 37.1 Å². The number of rotatable bonds is 4. The van der Waals surface area contributed by atoms with Gasteiger partial charge in [0.15, 0.2) is 0 Å². The van der Waals surface area contributed by atoms with Gasteiger partial charge in [-0.25, -0.2) is 0 Å². The first kappa shape index (κ1) is 15.3. The van der Waals surface area contributed by atoms with E-state index in [0.29, 0.717) is 17.0 Å². The predicted octanol–water partition coefficient (Wildman–Crippen LogP) is 2.25. The Bertz CT molecular complexity index is 503. The summed E-state index contributed by atoms with van der Waals surface area (Å²) in [6, 6.07) is 5.04. The second-order valence-electron chi connectivity index (χ2n) is 4.47. The van der Waals surface area contributed by atoms with Crippen molar-refractivity contribution in [2.75, 3.05) is 7.05 Å². The fourth-order valence-corrected chi connectivity index (χ4v) is 1.88. The van der Waals surface area contributed by atoms with Crippen LogP contribution in [0.15, 0.2) is 23.4 Å². The zero-order valence-electron chi connectivity index (χ0n) is 11.2. The van der Waals surface area contributed by atoms with Gasteiger partial charge in [0, 0.05) is 30.1 Å². The summed E-state index contributed by atoms with van der Waals surface area (Å²) in [6.07, 6.45) is 0.304. The molecule has 1 unspecified atom stereocenters. The lowest BCUT2D eigenvalue weighted by atomic mass is 10.1. The van der Waals surface area contributed by atoms with E-state index >= 15 is 0 Å². The first-order valence-electron chi connectivity index (χ1n) is 5.87. The van der Waals surface area contributed by atoms with Crippen LogP contribution in [-0.2, 0) is 0 Å². The SMILES string of the molecule is Cc1c(Cl)cccc1C(=O)N(C)C(C)C/C(N)=N/O. The zero-order valence-corrected chi connectivity index (χ0v) is 12.0. The standard InChI is InChI=1S/C13H18ClN3O2/c1-8(7-12(15)16-19)17(3)13(18)10-5-4-6-11(14)9(10)2/h4-6,8,19H,7H2,1-3H3,(H2,15,16). The maximum Gasteiger partial charge on any atom is 0.254 e. The number of halogens is 1. The van der Waals surface area contributed by atoms with Gasteiger partial charge in [-0.1, -0.05) is 22.8 Å². The Morgan fingerprint density at radius 1 is 1.58 bits per heavy atom. The Morgan fingerprint density at radius 3 is 2.79 bits per heavy atom. The quantitative estimate of drug-likeness (QED) is 0.385. The van der Waals surface area contributed by atoms with Gasteiger partial charge in [-0.05, 0) is 31.5 Å². The molecule has 0 spiro atoms. The lowest BCUT2D eigenvalue weighted by Crippen LogP contribution is -2.38. The molecule has 6 heteroatoms. The van der Waals surface area contributed by atoms with Gasteiger partial charge in [-0.3, -0.25) is 4.79 Å². The molecule has 0 fully saturated rings. The van der Waals surface area contributed by atoms with Gasteiger partial charge >= 0.3 is 0 Å². The first-order valence-corrected chi connectivity index (χ1v) is 6.25. The number of oxime groups is 1. The summed E-state index contributed by atoms with van der Waals surface area (Å²) in [7, 11) is 1.68. The highest BCUT2D eigenvalue weighted by atomic mass is 35.5. The number of nitrogens with two attached hydrogens (primary N) is 1. The van der Waals surface area contributed by atoms with E-state index < -0.39 is 0 Å². The van der Waals surface area contributed by atoms with Crippen LogP contribution in [-0.4, -0.2) is 34.9 Å². The molecule has 0 aliphatic heterocycles. The van der Waals surface area contributed by atoms with Crippen molar-refractivity contribution in [3.63, 3.8) is 0 Å². The molecule has 104 valence electrons. The number of amides is 1.